The maximum absolute atomic E-state index is 12.1. The van der Waals surface area contributed by atoms with Crippen molar-refractivity contribution in [2.24, 2.45) is 10.9 Å². The molecule has 2 heterocycles. The van der Waals surface area contributed by atoms with Crippen LogP contribution in [-0.4, -0.2) is 29.1 Å². The van der Waals surface area contributed by atoms with Crippen LogP contribution in [0.3, 0.4) is 0 Å². The predicted octanol–water partition coefficient (Wildman–Crippen LogP) is 1.65. The normalized spacial score (nSPS) is 20.5. The van der Waals surface area contributed by atoms with Crippen LogP contribution in [0.15, 0.2) is 35.2 Å². The van der Waals surface area contributed by atoms with Crippen LogP contribution in [0.1, 0.15) is 19.4 Å². The van der Waals surface area contributed by atoms with E-state index in [1.807, 2.05) is 6.07 Å². The molecule has 0 bridgehead atoms. The van der Waals surface area contributed by atoms with E-state index in [1.165, 1.54) is 0 Å². The average Bonchev–Trinajstić information content (AvgIpc) is 2.66. The summed E-state index contributed by atoms with van der Waals surface area (Å²) in [6.07, 6.45) is 4.90. The Hall–Kier alpha value is -2.30. The van der Waals surface area contributed by atoms with Crippen LogP contribution >= 0.6 is 0 Å². The number of hydrogen-bond acceptors (Lipinski definition) is 5. The standard InChI is InChI=1S/C14H14N2O3/c1-3-19-14(18)12-9(2)16-11(13(12)17)7-10-5-4-6-15-8-10/h4-8,12H,3H2,1-2H3/b11-7-. The van der Waals surface area contributed by atoms with Crippen LogP contribution in [0.4, 0.5) is 0 Å². The van der Waals surface area contributed by atoms with Crippen molar-refractivity contribution in [3.05, 3.63) is 35.8 Å². The minimum absolute atomic E-state index is 0.248. The van der Waals surface area contributed by atoms with Gasteiger partial charge in [0.2, 0.25) is 5.78 Å². The van der Waals surface area contributed by atoms with E-state index in [-0.39, 0.29) is 18.1 Å². The minimum atomic E-state index is -0.900. The van der Waals surface area contributed by atoms with Gasteiger partial charge in [-0.1, -0.05) is 6.07 Å². The van der Waals surface area contributed by atoms with Crippen LogP contribution in [0.5, 0.6) is 0 Å². The van der Waals surface area contributed by atoms with Gasteiger partial charge in [0, 0.05) is 18.1 Å². The third-order valence-corrected chi connectivity index (χ3v) is 2.74. The molecule has 0 fully saturated rings. The number of allylic oxidation sites excluding steroid dienone is 1. The number of Topliss-reactive ketones (excluding diaryl/α,β-unsaturated/α-hetero) is 1. The summed E-state index contributed by atoms with van der Waals surface area (Å²) in [6.45, 7) is 3.61. The third kappa shape index (κ3) is 2.76. The van der Waals surface area contributed by atoms with E-state index >= 15 is 0 Å². The van der Waals surface area contributed by atoms with Gasteiger partial charge in [-0.3, -0.25) is 19.6 Å². The molecular formula is C14H14N2O3. The van der Waals surface area contributed by atoms with Gasteiger partial charge >= 0.3 is 5.97 Å². The Balaban J connectivity index is 2.26. The lowest BCUT2D eigenvalue weighted by Gasteiger charge is -2.07. The molecule has 0 aliphatic carbocycles. The van der Waals surface area contributed by atoms with Crippen LogP contribution in [0.25, 0.3) is 6.08 Å². The average molecular weight is 258 g/mol. The van der Waals surface area contributed by atoms with E-state index in [4.69, 9.17) is 4.74 Å². The van der Waals surface area contributed by atoms with Crippen molar-refractivity contribution in [3.8, 4) is 0 Å². The Labute approximate surface area is 111 Å². The van der Waals surface area contributed by atoms with Gasteiger partial charge in [0.25, 0.3) is 0 Å². The summed E-state index contributed by atoms with van der Waals surface area (Å²) in [7, 11) is 0. The second kappa shape index (κ2) is 5.56. The number of aromatic nitrogens is 1. The van der Waals surface area contributed by atoms with Crippen molar-refractivity contribution in [2.45, 2.75) is 13.8 Å². The molecule has 1 aliphatic rings. The summed E-state index contributed by atoms with van der Waals surface area (Å²) in [5.74, 6) is -1.76. The van der Waals surface area contributed by atoms with Crippen LogP contribution in [0, 0.1) is 5.92 Å². The van der Waals surface area contributed by atoms with Crippen molar-refractivity contribution >= 4 is 23.5 Å². The number of carbonyl (C=O) groups is 2. The number of ether oxygens (including phenoxy) is 1. The largest absolute Gasteiger partial charge is 0.465 e. The number of pyridine rings is 1. The zero-order valence-electron chi connectivity index (χ0n) is 10.8. The number of carbonyl (C=O) groups excluding carboxylic acids is 2. The van der Waals surface area contributed by atoms with Gasteiger partial charge in [-0.2, -0.15) is 0 Å². The molecule has 1 aromatic rings. The zero-order valence-corrected chi connectivity index (χ0v) is 10.8. The van der Waals surface area contributed by atoms with Gasteiger partial charge in [-0.05, 0) is 31.6 Å². The highest BCUT2D eigenvalue weighted by atomic mass is 16.5. The highest BCUT2D eigenvalue weighted by molar-refractivity contribution is 6.28. The van der Waals surface area contributed by atoms with E-state index in [9.17, 15) is 9.59 Å². The smallest absolute Gasteiger partial charge is 0.322 e. The first kappa shape index (κ1) is 13.1. The van der Waals surface area contributed by atoms with Gasteiger partial charge in [-0.25, -0.2) is 0 Å². The molecule has 1 unspecified atom stereocenters. The second-order valence-electron chi connectivity index (χ2n) is 4.12. The molecule has 1 aliphatic heterocycles. The molecule has 0 saturated heterocycles. The van der Waals surface area contributed by atoms with Gasteiger partial charge < -0.3 is 4.74 Å². The topological polar surface area (TPSA) is 68.6 Å². The Morgan fingerprint density at radius 2 is 2.32 bits per heavy atom. The molecule has 5 heteroatoms. The highest BCUT2D eigenvalue weighted by Crippen LogP contribution is 2.23. The first-order chi connectivity index (χ1) is 9.13. The summed E-state index contributed by atoms with van der Waals surface area (Å²) in [5, 5.41) is 0. The lowest BCUT2D eigenvalue weighted by Crippen LogP contribution is -2.28. The Morgan fingerprint density at radius 3 is 2.95 bits per heavy atom. The maximum atomic E-state index is 12.1. The summed E-state index contributed by atoms with van der Waals surface area (Å²) < 4.78 is 4.88. The van der Waals surface area contributed by atoms with Gasteiger partial charge in [0.15, 0.2) is 5.92 Å². The lowest BCUT2D eigenvalue weighted by molar-refractivity contribution is -0.147. The fourth-order valence-corrected chi connectivity index (χ4v) is 1.87. The number of esters is 1. The van der Waals surface area contributed by atoms with Gasteiger partial charge in [-0.15, -0.1) is 0 Å². The third-order valence-electron chi connectivity index (χ3n) is 2.74. The molecule has 0 radical (unpaired) electrons. The van der Waals surface area contributed by atoms with Crippen LogP contribution in [0.2, 0.25) is 0 Å². The molecule has 0 saturated carbocycles. The molecule has 5 nitrogen and oxygen atoms in total. The number of nitrogens with zero attached hydrogens (tertiary/aromatic N) is 2. The zero-order chi connectivity index (χ0) is 13.8. The van der Waals surface area contributed by atoms with Crippen molar-refractivity contribution in [1.29, 1.82) is 0 Å². The van der Waals surface area contributed by atoms with E-state index in [0.717, 1.165) is 5.56 Å². The fourth-order valence-electron chi connectivity index (χ4n) is 1.87. The number of ketones is 1. The van der Waals surface area contributed by atoms with Crippen LogP contribution in [-0.2, 0) is 14.3 Å². The molecule has 98 valence electrons. The Kier molecular flexibility index (Phi) is 3.85. The van der Waals surface area contributed by atoms with Crippen molar-refractivity contribution in [2.75, 3.05) is 6.61 Å². The molecule has 1 atom stereocenters. The number of aliphatic imine (C=N–C) groups is 1. The van der Waals surface area contributed by atoms with E-state index in [1.54, 1.807) is 38.4 Å². The number of rotatable bonds is 3. The van der Waals surface area contributed by atoms with Crippen molar-refractivity contribution < 1.29 is 14.3 Å². The van der Waals surface area contributed by atoms with Gasteiger partial charge in [0.05, 0.1) is 6.61 Å². The summed E-state index contributed by atoms with van der Waals surface area (Å²) in [5.41, 5.74) is 1.51. The van der Waals surface area contributed by atoms with Crippen molar-refractivity contribution in [3.63, 3.8) is 0 Å². The number of hydrogen-bond donors (Lipinski definition) is 0. The maximum Gasteiger partial charge on any atom is 0.322 e. The Bertz CT molecular complexity index is 561. The molecule has 0 aromatic carbocycles. The molecule has 0 amide bonds. The van der Waals surface area contributed by atoms with E-state index in [2.05, 4.69) is 9.98 Å². The summed E-state index contributed by atoms with van der Waals surface area (Å²) >= 11 is 0. The molecule has 0 N–H and O–H groups in total. The first-order valence-electron chi connectivity index (χ1n) is 6.01. The molecule has 1 aromatic heterocycles. The van der Waals surface area contributed by atoms with Gasteiger partial charge in [0.1, 0.15) is 5.70 Å². The van der Waals surface area contributed by atoms with Crippen LogP contribution < -0.4 is 0 Å². The molecule has 0 spiro atoms. The Morgan fingerprint density at radius 1 is 1.53 bits per heavy atom. The predicted molar refractivity (Wildman–Crippen MR) is 70.5 cm³/mol. The summed E-state index contributed by atoms with van der Waals surface area (Å²) in [4.78, 5) is 31.9. The van der Waals surface area contributed by atoms with E-state index < -0.39 is 11.9 Å². The molecule has 19 heavy (non-hydrogen) atoms. The summed E-state index contributed by atoms with van der Waals surface area (Å²) in [6, 6.07) is 3.58. The minimum Gasteiger partial charge on any atom is -0.465 e. The fraction of sp³-hybridized carbons (Fsp3) is 0.286. The SMILES string of the molecule is CCOC(=O)C1C(=O)/C(=C/c2cccnc2)N=C1C. The highest BCUT2D eigenvalue weighted by Gasteiger charge is 2.37. The molecular weight excluding hydrogens is 244 g/mol. The lowest BCUT2D eigenvalue weighted by atomic mass is 10.0. The quantitative estimate of drug-likeness (QED) is 0.469. The monoisotopic (exact) mass is 258 g/mol. The van der Waals surface area contributed by atoms with Crippen molar-refractivity contribution in [1.82, 2.24) is 4.98 Å². The van der Waals surface area contributed by atoms with E-state index in [0.29, 0.717) is 5.71 Å². The second-order valence-corrected chi connectivity index (χ2v) is 4.12. The first-order valence-corrected chi connectivity index (χ1v) is 6.01. The molecule has 2 rings (SSSR count).